The van der Waals surface area contributed by atoms with Gasteiger partial charge in [0.05, 0.1) is 11.3 Å². The van der Waals surface area contributed by atoms with Gasteiger partial charge in [-0.2, -0.15) is 0 Å². The lowest BCUT2D eigenvalue weighted by molar-refractivity contribution is 0.0206. The summed E-state index contributed by atoms with van der Waals surface area (Å²) in [5, 5.41) is 3.37. The third kappa shape index (κ3) is 6.12. The molecule has 1 fully saturated rings. The Hall–Kier alpha value is -3.88. The van der Waals surface area contributed by atoms with E-state index in [1.807, 2.05) is 51.1 Å². The minimum atomic E-state index is -0.524. The number of rotatable bonds is 5. The van der Waals surface area contributed by atoms with Crippen molar-refractivity contribution in [3.63, 3.8) is 0 Å². The van der Waals surface area contributed by atoms with Gasteiger partial charge in [0.1, 0.15) is 11.4 Å². The van der Waals surface area contributed by atoms with E-state index in [4.69, 9.17) is 15.2 Å². The molecule has 0 unspecified atom stereocenters. The van der Waals surface area contributed by atoms with Crippen LogP contribution in [-0.4, -0.2) is 50.7 Å². The van der Waals surface area contributed by atoms with Crippen LogP contribution < -0.4 is 15.8 Å². The molecule has 1 atom stereocenters. The molecule has 2 aromatic heterocycles. The number of aromatic nitrogens is 3. The van der Waals surface area contributed by atoms with Gasteiger partial charge in [-0.15, -0.1) is 0 Å². The Kier molecular flexibility index (Phi) is 6.81. The van der Waals surface area contributed by atoms with Crippen molar-refractivity contribution < 1.29 is 14.3 Å². The van der Waals surface area contributed by atoms with Crippen molar-refractivity contribution in [1.29, 1.82) is 0 Å². The van der Waals surface area contributed by atoms with E-state index < -0.39 is 5.60 Å². The van der Waals surface area contributed by atoms with Crippen LogP contribution >= 0.6 is 0 Å². The third-order valence-corrected chi connectivity index (χ3v) is 5.18. The van der Waals surface area contributed by atoms with Crippen LogP contribution in [0, 0.1) is 0 Å². The highest BCUT2D eigenvalue weighted by atomic mass is 16.6. The number of nitrogens with two attached hydrogens (primary N) is 1. The Morgan fingerprint density at radius 1 is 1.15 bits per heavy atom. The summed E-state index contributed by atoms with van der Waals surface area (Å²) >= 11 is 0. The zero-order valence-corrected chi connectivity index (χ0v) is 19.7. The Morgan fingerprint density at radius 3 is 2.79 bits per heavy atom. The van der Waals surface area contributed by atoms with Crippen LogP contribution in [0.1, 0.15) is 33.6 Å². The Bertz CT molecular complexity index is 1150. The lowest BCUT2D eigenvalue weighted by atomic mass is 10.1. The topological polar surface area (TPSA) is 115 Å². The maximum absolute atomic E-state index is 12.5. The second-order valence-electron chi connectivity index (χ2n) is 9.21. The van der Waals surface area contributed by atoms with Gasteiger partial charge in [0, 0.05) is 43.3 Å². The minimum Gasteiger partial charge on any atom is -0.444 e. The average molecular weight is 463 g/mol. The molecule has 1 aromatic carbocycles. The van der Waals surface area contributed by atoms with Gasteiger partial charge in [-0.25, -0.2) is 19.7 Å². The molecule has 1 amide bonds. The summed E-state index contributed by atoms with van der Waals surface area (Å²) < 4.78 is 11.5. The number of hydrogen-bond donors (Lipinski definition) is 2. The highest BCUT2D eigenvalue weighted by Crippen LogP contribution is 2.31. The molecule has 0 saturated carbocycles. The van der Waals surface area contributed by atoms with Crippen LogP contribution in [-0.2, 0) is 4.74 Å². The molecule has 1 saturated heterocycles. The van der Waals surface area contributed by atoms with Crippen LogP contribution in [0.25, 0.3) is 11.3 Å². The zero-order chi connectivity index (χ0) is 24.1. The minimum absolute atomic E-state index is 0.0217. The van der Waals surface area contributed by atoms with Gasteiger partial charge < -0.3 is 25.4 Å². The fraction of sp³-hybridized carbons (Fsp3) is 0.360. The van der Waals surface area contributed by atoms with E-state index >= 15 is 0 Å². The van der Waals surface area contributed by atoms with Gasteiger partial charge >= 0.3 is 6.09 Å². The van der Waals surface area contributed by atoms with Crippen LogP contribution in [0.2, 0.25) is 0 Å². The molecule has 34 heavy (non-hydrogen) atoms. The fourth-order valence-electron chi connectivity index (χ4n) is 3.70. The number of benzene rings is 1. The molecular weight excluding hydrogens is 432 g/mol. The molecule has 0 bridgehead atoms. The van der Waals surface area contributed by atoms with Crippen molar-refractivity contribution in [2.75, 3.05) is 24.1 Å². The maximum atomic E-state index is 12.5. The quantitative estimate of drug-likeness (QED) is 0.523. The van der Waals surface area contributed by atoms with Crippen molar-refractivity contribution in [2.24, 2.45) is 0 Å². The molecule has 0 spiro atoms. The summed E-state index contributed by atoms with van der Waals surface area (Å²) in [6.07, 6.45) is 4.84. The molecule has 178 valence electrons. The zero-order valence-electron chi connectivity index (χ0n) is 19.7. The molecule has 3 aromatic rings. The second kappa shape index (κ2) is 9.94. The van der Waals surface area contributed by atoms with Crippen LogP contribution in [0.3, 0.4) is 0 Å². The summed E-state index contributed by atoms with van der Waals surface area (Å²) in [7, 11) is 0. The number of anilines is 2. The number of likely N-dealkylation sites (tertiary alicyclic amines) is 1. The molecule has 9 nitrogen and oxygen atoms in total. The molecule has 0 aliphatic carbocycles. The monoisotopic (exact) mass is 462 g/mol. The molecule has 1 aliphatic rings. The third-order valence-electron chi connectivity index (χ3n) is 5.18. The van der Waals surface area contributed by atoms with E-state index in [0.717, 1.165) is 18.4 Å². The van der Waals surface area contributed by atoms with Gasteiger partial charge in [-0.3, -0.25) is 0 Å². The number of hydrogen-bond acceptors (Lipinski definition) is 8. The predicted octanol–water partition coefficient (Wildman–Crippen LogP) is 4.72. The van der Waals surface area contributed by atoms with E-state index in [2.05, 4.69) is 20.3 Å². The standard InChI is InChI=1S/C25H30N6O3/c1-25(2,3)34-24(32)31-14-6-8-18(16-31)29-23-28-13-11-21(30-23)20-10-5-12-27-22(20)33-19-9-4-7-17(26)15-19/h4-5,7,9-13,15,18H,6,8,14,16,26H2,1-3H3,(H,28,29,30)/t18-/m0/s1. The molecule has 1 aliphatic heterocycles. The second-order valence-corrected chi connectivity index (χ2v) is 9.21. The van der Waals surface area contributed by atoms with Crippen molar-refractivity contribution >= 4 is 17.7 Å². The van der Waals surface area contributed by atoms with E-state index in [9.17, 15) is 4.79 Å². The van der Waals surface area contributed by atoms with Crippen LogP contribution in [0.4, 0.5) is 16.4 Å². The number of nitrogen functional groups attached to an aromatic ring is 1. The number of carbonyl (C=O) groups is 1. The number of piperidine rings is 1. The molecule has 3 heterocycles. The first kappa shape index (κ1) is 23.3. The highest BCUT2D eigenvalue weighted by molar-refractivity contribution is 5.68. The summed E-state index contributed by atoms with van der Waals surface area (Å²) in [5.74, 6) is 1.50. The van der Waals surface area contributed by atoms with Crippen molar-refractivity contribution in [1.82, 2.24) is 19.9 Å². The molecular formula is C25H30N6O3. The first-order valence-electron chi connectivity index (χ1n) is 11.3. The fourth-order valence-corrected chi connectivity index (χ4v) is 3.70. The smallest absolute Gasteiger partial charge is 0.410 e. The number of carbonyl (C=O) groups excluding carboxylic acids is 1. The lowest BCUT2D eigenvalue weighted by Crippen LogP contribution is -2.47. The van der Waals surface area contributed by atoms with E-state index in [0.29, 0.717) is 42.0 Å². The van der Waals surface area contributed by atoms with E-state index in [1.54, 1.807) is 29.4 Å². The van der Waals surface area contributed by atoms with Gasteiger partial charge in [-0.05, 0) is 63.9 Å². The van der Waals surface area contributed by atoms with E-state index in [1.165, 1.54) is 0 Å². The summed E-state index contributed by atoms with van der Waals surface area (Å²) in [5.41, 5.74) is 7.35. The Balaban J connectivity index is 1.48. The van der Waals surface area contributed by atoms with Crippen LogP contribution in [0.15, 0.2) is 54.9 Å². The largest absolute Gasteiger partial charge is 0.444 e. The van der Waals surface area contributed by atoms with Crippen molar-refractivity contribution in [2.45, 2.75) is 45.3 Å². The van der Waals surface area contributed by atoms with Crippen molar-refractivity contribution in [3.05, 3.63) is 54.9 Å². The SMILES string of the molecule is CC(C)(C)OC(=O)N1CCC[C@H](Nc2nccc(-c3cccnc3Oc3cccc(N)c3)n2)C1. The van der Waals surface area contributed by atoms with E-state index in [-0.39, 0.29) is 12.1 Å². The number of nitrogens with one attached hydrogen (secondary N) is 1. The average Bonchev–Trinajstić information content (AvgIpc) is 2.79. The normalized spacial score (nSPS) is 16.1. The lowest BCUT2D eigenvalue weighted by Gasteiger charge is -2.34. The Morgan fingerprint density at radius 2 is 2.00 bits per heavy atom. The van der Waals surface area contributed by atoms with Gasteiger partial charge in [0.15, 0.2) is 0 Å². The molecule has 0 radical (unpaired) electrons. The number of nitrogens with zero attached hydrogens (tertiary/aromatic N) is 4. The summed E-state index contributed by atoms with van der Waals surface area (Å²) in [6.45, 7) is 6.81. The molecule has 3 N–H and O–H groups in total. The van der Waals surface area contributed by atoms with Gasteiger partial charge in [0.25, 0.3) is 0 Å². The number of ether oxygens (including phenoxy) is 2. The highest BCUT2D eigenvalue weighted by Gasteiger charge is 2.28. The molecule has 9 heteroatoms. The van der Waals surface area contributed by atoms with Gasteiger partial charge in [-0.1, -0.05) is 6.07 Å². The first-order chi connectivity index (χ1) is 16.3. The summed E-state index contributed by atoms with van der Waals surface area (Å²) in [6, 6.07) is 12.7. The Labute approximate surface area is 199 Å². The van der Waals surface area contributed by atoms with Crippen molar-refractivity contribution in [3.8, 4) is 22.9 Å². The molecule has 4 rings (SSSR count). The summed E-state index contributed by atoms with van der Waals surface area (Å²) in [4.78, 5) is 27.7. The number of amides is 1. The maximum Gasteiger partial charge on any atom is 0.410 e. The first-order valence-corrected chi connectivity index (χ1v) is 11.3. The van der Waals surface area contributed by atoms with Gasteiger partial charge in [0.2, 0.25) is 11.8 Å². The number of pyridine rings is 1. The predicted molar refractivity (Wildman–Crippen MR) is 131 cm³/mol. The van der Waals surface area contributed by atoms with Crippen LogP contribution in [0.5, 0.6) is 11.6 Å².